The van der Waals surface area contributed by atoms with Gasteiger partial charge in [-0.2, -0.15) is 5.26 Å². The van der Waals surface area contributed by atoms with Crippen LogP contribution in [-0.2, 0) is 6.54 Å². The highest BCUT2D eigenvalue weighted by molar-refractivity contribution is 6.04. The molecule has 9 nitrogen and oxygen atoms in total. The Kier molecular flexibility index (Phi) is 5.30. The number of anilines is 1. The Morgan fingerprint density at radius 3 is 2.77 bits per heavy atom. The van der Waals surface area contributed by atoms with Gasteiger partial charge in [0.2, 0.25) is 0 Å². The molecule has 0 fully saturated rings. The van der Waals surface area contributed by atoms with Crippen LogP contribution >= 0.6 is 0 Å². The molecule has 0 aliphatic rings. The largest absolute Gasteiger partial charge is 0.381 e. The third-order valence-corrected chi connectivity index (χ3v) is 4.59. The minimum atomic E-state index is -0.316. The van der Waals surface area contributed by atoms with Crippen molar-refractivity contribution >= 4 is 17.4 Å². The molecule has 0 radical (unpaired) electrons. The molecule has 1 aromatic carbocycles. The van der Waals surface area contributed by atoms with E-state index in [1.54, 1.807) is 29.6 Å². The number of rotatable bonds is 6. The van der Waals surface area contributed by atoms with E-state index in [1.165, 1.54) is 10.8 Å². The summed E-state index contributed by atoms with van der Waals surface area (Å²) in [4.78, 5) is 27.4. The van der Waals surface area contributed by atoms with E-state index in [2.05, 4.69) is 26.1 Å². The lowest BCUT2D eigenvalue weighted by Crippen LogP contribution is -2.32. The number of benzene rings is 1. The number of nitrogen functional groups attached to an aromatic ring is 1. The molecule has 0 spiro atoms. The number of carbonyl (C=O) groups excluding carboxylic acids is 1. The highest BCUT2D eigenvalue weighted by Gasteiger charge is 2.25. The second kappa shape index (κ2) is 8.36. The molecule has 0 unspecified atom stereocenters. The molecular formula is C21H18N8O. The smallest absolute Gasteiger partial charge is 0.261 e. The molecule has 148 valence electrons. The first-order valence-electron chi connectivity index (χ1n) is 9.28. The Balaban J connectivity index is 1.70. The molecule has 0 atom stereocenters. The Hall–Kier alpha value is -4.32. The van der Waals surface area contributed by atoms with Crippen molar-refractivity contribution in [3.63, 3.8) is 0 Å². The molecule has 1 amide bonds. The Morgan fingerprint density at radius 2 is 2.03 bits per heavy atom. The number of hydrogen-bond acceptors (Lipinski definition) is 7. The molecule has 0 aliphatic carbocycles. The summed E-state index contributed by atoms with van der Waals surface area (Å²) in [5.74, 6) is -0.230. The molecule has 0 aliphatic heterocycles. The minimum Gasteiger partial charge on any atom is -0.381 e. The maximum atomic E-state index is 13.3. The summed E-state index contributed by atoms with van der Waals surface area (Å²) >= 11 is 0. The summed E-state index contributed by atoms with van der Waals surface area (Å²) in [6.45, 7) is 0.636. The number of nitrogens with zero attached hydrogens (tertiary/aromatic N) is 7. The highest BCUT2D eigenvalue weighted by atomic mass is 16.2. The fourth-order valence-electron chi connectivity index (χ4n) is 3.15. The van der Waals surface area contributed by atoms with Gasteiger partial charge in [0.15, 0.2) is 11.5 Å². The van der Waals surface area contributed by atoms with Crippen molar-refractivity contribution < 1.29 is 4.79 Å². The van der Waals surface area contributed by atoms with E-state index in [4.69, 9.17) is 11.0 Å². The van der Waals surface area contributed by atoms with E-state index in [9.17, 15) is 4.79 Å². The van der Waals surface area contributed by atoms with Crippen LogP contribution in [0.4, 0.5) is 5.82 Å². The minimum absolute atomic E-state index is 0.0855. The average Bonchev–Trinajstić information content (AvgIpc) is 3.12. The first-order valence-corrected chi connectivity index (χ1v) is 9.28. The molecule has 2 N–H and O–H groups in total. The Labute approximate surface area is 172 Å². The van der Waals surface area contributed by atoms with Crippen molar-refractivity contribution in [3.8, 4) is 17.3 Å². The Bertz CT molecular complexity index is 1210. The lowest BCUT2D eigenvalue weighted by molar-refractivity contribution is 0.0749. The van der Waals surface area contributed by atoms with Crippen LogP contribution in [-0.4, -0.2) is 41.9 Å². The van der Waals surface area contributed by atoms with Crippen molar-refractivity contribution in [2.45, 2.75) is 13.0 Å². The number of nitriles is 1. The second-order valence-corrected chi connectivity index (χ2v) is 6.59. The lowest BCUT2D eigenvalue weighted by atomic mass is 10.1. The quantitative estimate of drug-likeness (QED) is 0.528. The first-order chi connectivity index (χ1) is 14.7. The monoisotopic (exact) mass is 398 g/mol. The third-order valence-electron chi connectivity index (χ3n) is 4.59. The van der Waals surface area contributed by atoms with Gasteiger partial charge in [-0.1, -0.05) is 30.3 Å². The number of aromatic nitrogens is 5. The fourth-order valence-corrected chi connectivity index (χ4v) is 3.15. The predicted octanol–water partition coefficient (Wildman–Crippen LogP) is 2.32. The van der Waals surface area contributed by atoms with Crippen molar-refractivity contribution in [2.75, 3.05) is 12.3 Å². The fraction of sp³-hybridized carbons (Fsp3) is 0.143. The molecule has 0 bridgehead atoms. The van der Waals surface area contributed by atoms with Gasteiger partial charge in [-0.05, 0) is 11.6 Å². The van der Waals surface area contributed by atoms with Crippen LogP contribution in [0.3, 0.4) is 0 Å². The van der Waals surface area contributed by atoms with Gasteiger partial charge in [0, 0.05) is 37.2 Å². The Morgan fingerprint density at radius 1 is 1.20 bits per heavy atom. The number of nitrogens with two attached hydrogens (primary N) is 1. The summed E-state index contributed by atoms with van der Waals surface area (Å²) in [7, 11) is 0. The maximum absolute atomic E-state index is 13.3. The lowest BCUT2D eigenvalue weighted by Gasteiger charge is -2.21. The molecule has 3 aromatic heterocycles. The average molecular weight is 398 g/mol. The zero-order valence-corrected chi connectivity index (χ0v) is 16.0. The SMILES string of the molecule is N#CCCN(Cc1ccccc1)C(=O)c1c(N)nn2cc(-c3ccncn3)cnc12. The molecular weight excluding hydrogens is 380 g/mol. The summed E-state index contributed by atoms with van der Waals surface area (Å²) in [5.41, 5.74) is 9.02. The highest BCUT2D eigenvalue weighted by Crippen LogP contribution is 2.22. The van der Waals surface area contributed by atoms with Crippen molar-refractivity contribution in [3.05, 3.63) is 72.4 Å². The van der Waals surface area contributed by atoms with Gasteiger partial charge in [-0.25, -0.2) is 19.5 Å². The normalized spacial score (nSPS) is 10.6. The van der Waals surface area contributed by atoms with Crippen LogP contribution < -0.4 is 5.73 Å². The molecule has 30 heavy (non-hydrogen) atoms. The standard InChI is InChI=1S/C21H18N8O/c22-8-4-10-28(12-15-5-2-1-3-6-15)21(30)18-19(23)27-29-13-16(11-25-20(18)29)17-7-9-24-14-26-17/h1-3,5-7,9,11,13-14H,4,10,12H2,(H2,23,27). The number of fused-ring (bicyclic) bond motifs is 1. The van der Waals surface area contributed by atoms with E-state index in [1.807, 2.05) is 30.3 Å². The molecule has 4 rings (SSSR count). The zero-order valence-electron chi connectivity index (χ0n) is 16.0. The molecule has 4 aromatic rings. The first kappa shape index (κ1) is 19.0. The zero-order chi connectivity index (χ0) is 20.9. The predicted molar refractivity (Wildman–Crippen MR) is 110 cm³/mol. The molecule has 3 heterocycles. The van der Waals surface area contributed by atoms with Gasteiger partial charge in [0.1, 0.15) is 11.9 Å². The van der Waals surface area contributed by atoms with Crippen LogP contribution in [0.1, 0.15) is 22.3 Å². The molecule has 0 saturated heterocycles. The second-order valence-electron chi connectivity index (χ2n) is 6.59. The molecule has 9 heteroatoms. The summed E-state index contributed by atoms with van der Waals surface area (Å²) in [6, 6.07) is 13.4. The van der Waals surface area contributed by atoms with Crippen molar-refractivity contribution in [1.82, 2.24) is 29.5 Å². The summed E-state index contributed by atoms with van der Waals surface area (Å²) < 4.78 is 1.48. The van der Waals surface area contributed by atoms with Gasteiger partial charge in [-0.15, -0.1) is 5.10 Å². The van der Waals surface area contributed by atoms with Crippen molar-refractivity contribution in [2.24, 2.45) is 0 Å². The van der Waals surface area contributed by atoms with E-state index in [-0.39, 0.29) is 30.3 Å². The summed E-state index contributed by atoms with van der Waals surface area (Å²) in [6.07, 6.45) is 6.63. The third kappa shape index (κ3) is 3.79. The van der Waals surface area contributed by atoms with Gasteiger partial charge in [0.25, 0.3) is 5.91 Å². The van der Waals surface area contributed by atoms with Crippen LogP contribution in [0.25, 0.3) is 16.9 Å². The van der Waals surface area contributed by atoms with Gasteiger partial charge in [-0.3, -0.25) is 4.79 Å². The van der Waals surface area contributed by atoms with Crippen LogP contribution in [0.5, 0.6) is 0 Å². The van der Waals surface area contributed by atoms with E-state index >= 15 is 0 Å². The number of hydrogen-bond donors (Lipinski definition) is 1. The summed E-state index contributed by atoms with van der Waals surface area (Å²) in [5, 5.41) is 13.3. The number of carbonyl (C=O) groups is 1. The van der Waals surface area contributed by atoms with E-state index in [0.29, 0.717) is 17.9 Å². The van der Waals surface area contributed by atoms with E-state index in [0.717, 1.165) is 11.1 Å². The van der Waals surface area contributed by atoms with Crippen molar-refractivity contribution in [1.29, 1.82) is 5.26 Å². The van der Waals surface area contributed by atoms with E-state index < -0.39 is 0 Å². The molecule has 0 saturated carbocycles. The maximum Gasteiger partial charge on any atom is 0.261 e. The van der Waals surface area contributed by atoms with Gasteiger partial charge < -0.3 is 10.6 Å². The van der Waals surface area contributed by atoms with Crippen LogP contribution in [0.15, 0.2) is 61.3 Å². The number of amides is 1. The topological polar surface area (TPSA) is 126 Å². The van der Waals surface area contributed by atoms with Gasteiger partial charge >= 0.3 is 0 Å². The van der Waals surface area contributed by atoms with Gasteiger partial charge in [0.05, 0.1) is 18.2 Å². The van der Waals surface area contributed by atoms with Crippen LogP contribution in [0.2, 0.25) is 0 Å². The van der Waals surface area contributed by atoms with Crippen LogP contribution in [0, 0.1) is 11.3 Å².